The summed E-state index contributed by atoms with van der Waals surface area (Å²) in [6.07, 6.45) is 4.82. The van der Waals surface area contributed by atoms with E-state index in [-0.39, 0.29) is 5.75 Å². The van der Waals surface area contributed by atoms with E-state index in [2.05, 4.69) is 16.8 Å². The maximum Gasteiger partial charge on any atom is 0.159 e. The molecule has 0 bridgehead atoms. The molecule has 1 fully saturated rings. The Bertz CT molecular complexity index is 634. The molecule has 3 rings (SSSR count). The number of aryl methyl sites for hydroxylation is 1. The van der Waals surface area contributed by atoms with Gasteiger partial charge in [-0.25, -0.2) is 9.97 Å². The third-order valence-electron chi connectivity index (χ3n) is 4.19. The molecule has 3 N–H and O–H groups in total. The maximum atomic E-state index is 9.38. The number of anilines is 1. The Morgan fingerprint density at radius 1 is 1.23 bits per heavy atom. The van der Waals surface area contributed by atoms with Gasteiger partial charge in [-0.1, -0.05) is 6.92 Å². The molecule has 5 heteroatoms. The zero-order valence-corrected chi connectivity index (χ0v) is 12.9. The van der Waals surface area contributed by atoms with E-state index < -0.39 is 0 Å². The highest BCUT2D eigenvalue weighted by molar-refractivity contribution is 5.59. The molecule has 1 aliphatic rings. The SMILES string of the molecule is CCc1nc(-c2ccc(O)cc2)ncc1N1CCC(N)CC1. The Balaban J connectivity index is 1.89. The van der Waals surface area contributed by atoms with Gasteiger partial charge in [-0.2, -0.15) is 0 Å². The Morgan fingerprint density at radius 3 is 2.55 bits per heavy atom. The minimum atomic E-state index is 0.251. The minimum absolute atomic E-state index is 0.251. The highest BCUT2D eigenvalue weighted by Gasteiger charge is 2.19. The van der Waals surface area contributed by atoms with Crippen molar-refractivity contribution in [3.8, 4) is 17.1 Å². The lowest BCUT2D eigenvalue weighted by atomic mass is 10.1. The molecule has 0 aliphatic carbocycles. The molecule has 0 spiro atoms. The van der Waals surface area contributed by atoms with Crippen LogP contribution >= 0.6 is 0 Å². The van der Waals surface area contributed by atoms with Gasteiger partial charge < -0.3 is 15.7 Å². The van der Waals surface area contributed by atoms with Gasteiger partial charge in [0.2, 0.25) is 0 Å². The molecule has 0 saturated carbocycles. The molecule has 5 nitrogen and oxygen atoms in total. The van der Waals surface area contributed by atoms with Gasteiger partial charge in [0.1, 0.15) is 5.75 Å². The van der Waals surface area contributed by atoms with Crippen molar-refractivity contribution in [1.29, 1.82) is 0 Å². The molecule has 1 aromatic heterocycles. The van der Waals surface area contributed by atoms with Crippen LogP contribution in [0.5, 0.6) is 5.75 Å². The average molecular weight is 298 g/mol. The molecule has 2 aromatic rings. The molecule has 0 unspecified atom stereocenters. The summed E-state index contributed by atoms with van der Waals surface area (Å²) in [7, 11) is 0. The fraction of sp³-hybridized carbons (Fsp3) is 0.412. The third kappa shape index (κ3) is 3.04. The van der Waals surface area contributed by atoms with E-state index in [0.717, 1.165) is 49.3 Å². The Morgan fingerprint density at radius 2 is 1.91 bits per heavy atom. The van der Waals surface area contributed by atoms with Crippen LogP contribution in [-0.4, -0.2) is 34.2 Å². The van der Waals surface area contributed by atoms with E-state index >= 15 is 0 Å². The van der Waals surface area contributed by atoms with Crippen molar-refractivity contribution in [1.82, 2.24) is 9.97 Å². The number of rotatable bonds is 3. The monoisotopic (exact) mass is 298 g/mol. The number of hydrogen-bond acceptors (Lipinski definition) is 5. The van der Waals surface area contributed by atoms with Crippen LogP contribution in [-0.2, 0) is 6.42 Å². The van der Waals surface area contributed by atoms with Crippen LogP contribution in [0.15, 0.2) is 30.5 Å². The fourth-order valence-electron chi connectivity index (χ4n) is 2.83. The van der Waals surface area contributed by atoms with E-state index in [1.165, 1.54) is 0 Å². The van der Waals surface area contributed by atoms with E-state index in [1.807, 2.05) is 18.3 Å². The predicted molar refractivity (Wildman–Crippen MR) is 87.9 cm³/mol. The van der Waals surface area contributed by atoms with E-state index in [4.69, 9.17) is 10.7 Å². The zero-order chi connectivity index (χ0) is 15.5. The summed E-state index contributed by atoms with van der Waals surface area (Å²) in [5.74, 6) is 0.954. The van der Waals surface area contributed by atoms with E-state index in [9.17, 15) is 5.11 Å². The summed E-state index contributed by atoms with van der Waals surface area (Å²) >= 11 is 0. The second kappa shape index (κ2) is 6.32. The van der Waals surface area contributed by atoms with Gasteiger partial charge in [0.15, 0.2) is 5.82 Å². The summed E-state index contributed by atoms with van der Waals surface area (Å²) in [6.45, 7) is 4.05. The highest BCUT2D eigenvalue weighted by Crippen LogP contribution is 2.25. The van der Waals surface area contributed by atoms with E-state index in [1.54, 1.807) is 12.1 Å². The quantitative estimate of drug-likeness (QED) is 0.909. The van der Waals surface area contributed by atoms with Crippen LogP contribution in [0, 0.1) is 0 Å². The van der Waals surface area contributed by atoms with Crippen LogP contribution in [0.2, 0.25) is 0 Å². The van der Waals surface area contributed by atoms with Crippen molar-refractivity contribution in [2.45, 2.75) is 32.2 Å². The number of aromatic hydroxyl groups is 1. The van der Waals surface area contributed by atoms with Crippen LogP contribution < -0.4 is 10.6 Å². The predicted octanol–water partition coefficient (Wildman–Crippen LogP) is 2.34. The second-order valence-corrected chi connectivity index (χ2v) is 5.75. The first-order chi connectivity index (χ1) is 10.7. The van der Waals surface area contributed by atoms with Gasteiger partial charge in [-0.05, 0) is 43.5 Å². The van der Waals surface area contributed by atoms with Crippen LogP contribution in [0.1, 0.15) is 25.5 Å². The lowest BCUT2D eigenvalue weighted by Crippen LogP contribution is -2.40. The van der Waals surface area contributed by atoms with Gasteiger partial charge in [0.25, 0.3) is 0 Å². The molecule has 116 valence electrons. The first-order valence-corrected chi connectivity index (χ1v) is 7.83. The topological polar surface area (TPSA) is 75.3 Å². The lowest BCUT2D eigenvalue weighted by Gasteiger charge is -2.32. The Labute approximate surface area is 130 Å². The van der Waals surface area contributed by atoms with Crippen molar-refractivity contribution in [2.24, 2.45) is 5.73 Å². The van der Waals surface area contributed by atoms with Crippen molar-refractivity contribution in [3.05, 3.63) is 36.2 Å². The van der Waals surface area contributed by atoms with Crippen LogP contribution in [0.4, 0.5) is 5.69 Å². The number of phenolic OH excluding ortho intramolecular Hbond substituents is 1. The zero-order valence-electron chi connectivity index (χ0n) is 12.9. The number of piperidine rings is 1. The van der Waals surface area contributed by atoms with Crippen LogP contribution in [0.25, 0.3) is 11.4 Å². The molecule has 1 aromatic carbocycles. The largest absolute Gasteiger partial charge is 0.508 e. The van der Waals surface area contributed by atoms with Gasteiger partial charge in [0, 0.05) is 24.7 Å². The molecule has 2 heterocycles. The summed E-state index contributed by atoms with van der Waals surface area (Å²) in [5.41, 5.74) is 9.08. The number of aromatic nitrogens is 2. The summed E-state index contributed by atoms with van der Waals surface area (Å²) in [5, 5.41) is 9.38. The molecule has 0 atom stereocenters. The molecule has 0 radical (unpaired) electrons. The number of hydrogen-bond donors (Lipinski definition) is 2. The first-order valence-electron chi connectivity index (χ1n) is 7.83. The molecule has 1 aliphatic heterocycles. The summed E-state index contributed by atoms with van der Waals surface area (Å²) in [6, 6.07) is 7.31. The van der Waals surface area contributed by atoms with Crippen LogP contribution in [0.3, 0.4) is 0 Å². The Kier molecular flexibility index (Phi) is 4.24. The number of benzene rings is 1. The standard InChI is InChI=1S/C17H22N4O/c1-2-15-16(21-9-7-13(18)8-10-21)11-19-17(20-15)12-3-5-14(22)6-4-12/h3-6,11,13,22H,2,7-10,18H2,1H3. The van der Waals surface area contributed by atoms with Crippen molar-refractivity contribution < 1.29 is 5.11 Å². The average Bonchev–Trinajstić information content (AvgIpc) is 2.56. The van der Waals surface area contributed by atoms with Gasteiger partial charge in [-0.15, -0.1) is 0 Å². The van der Waals surface area contributed by atoms with Crippen molar-refractivity contribution >= 4 is 5.69 Å². The van der Waals surface area contributed by atoms with Crippen molar-refractivity contribution in [2.75, 3.05) is 18.0 Å². The first kappa shape index (κ1) is 14.8. The lowest BCUT2D eigenvalue weighted by molar-refractivity contribution is 0.475. The fourth-order valence-corrected chi connectivity index (χ4v) is 2.83. The molecule has 1 saturated heterocycles. The summed E-state index contributed by atoms with van der Waals surface area (Å²) in [4.78, 5) is 11.6. The third-order valence-corrected chi connectivity index (χ3v) is 4.19. The minimum Gasteiger partial charge on any atom is -0.508 e. The maximum absolute atomic E-state index is 9.38. The Hall–Kier alpha value is -2.14. The van der Waals surface area contributed by atoms with Gasteiger partial charge in [0.05, 0.1) is 17.6 Å². The second-order valence-electron chi connectivity index (χ2n) is 5.75. The highest BCUT2D eigenvalue weighted by atomic mass is 16.3. The molecular formula is C17H22N4O. The number of phenols is 1. The smallest absolute Gasteiger partial charge is 0.159 e. The van der Waals surface area contributed by atoms with E-state index in [0.29, 0.717) is 11.9 Å². The van der Waals surface area contributed by atoms with Gasteiger partial charge >= 0.3 is 0 Å². The molecule has 22 heavy (non-hydrogen) atoms. The number of nitrogens with zero attached hydrogens (tertiary/aromatic N) is 3. The van der Waals surface area contributed by atoms with Gasteiger partial charge in [-0.3, -0.25) is 0 Å². The molecule has 0 amide bonds. The molecular weight excluding hydrogens is 276 g/mol. The summed E-state index contributed by atoms with van der Waals surface area (Å²) < 4.78 is 0. The number of nitrogens with two attached hydrogens (primary N) is 1. The normalized spacial score (nSPS) is 16.0. The van der Waals surface area contributed by atoms with Crippen molar-refractivity contribution in [3.63, 3.8) is 0 Å².